The Morgan fingerprint density at radius 2 is 1.52 bits per heavy atom. The van der Waals surface area contributed by atoms with Gasteiger partial charge in [0.1, 0.15) is 16.8 Å². The minimum Gasteiger partial charge on any atom is -0.456 e. The van der Waals surface area contributed by atoms with Gasteiger partial charge in [-0.2, -0.15) is 0 Å². The van der Waals surface area contributed by atoms with Crippen LogP contribution in [0.2, 0.25) is 0 Å². The van der Waals surface area contributed by atoms with Crippen molar-refractivity contribution in [2.45, 2.75) is 6.92 Å². The SMILES string of the molecule is C/C=C/c1cc2oc3ccccc3c2c2c1c1c3ccccc3ccc1n2-c1ccc(-c2cn3ccccc3n2)cc1. The first-order chi connectivity index (χ1) is 20.8. The van der Waals surface area contributed by atoms with Crippen LogP contribution in [0.4, 0.5) is 0 Å². The van der Waals surface area contributed by atoms with Gasteiger partial charge in [0, 0.05) is 39.8 Å². The van der Waals surface area contributed by atoms with E-state index in [0.29, 0.717) is 0 Å². The van der Waals surface area contributed by atoms with Gasteiger partial charge in [-0.15, -0.1) is 0 Å². The Kier molecular flexibility index (Phi) is 4.79. The quantitative estimate of drug-likeness (QED) is 0.224. The highest BCUT2D eigenvalue weighted by molar-refractivity contribution is 6.31. The number of imidazole rings is 1. The third-order valence-corrected chi connectivity index (χ3v) is 8.42. The van der Waals surface area contributed by atoms with E-state index in [1.807, 2.05) is 30.5 Å². The zero-order chi connectivity index (χ0) is 27.8. The summed E-state index contributed by atoms with van der Waals surface area (Å²) in [7, 11) is 0. The van der Waals surface area contributed by atoms with Crippen LogP contribution in [0.25, 0.3) is 83.2 Å². The summed E-state index contributed by atoms with van der Waals surface area (Å²) < 4.78 is 10.9. The lowest BCUT2D eigenvalue weighted by molar-refractivity contribution is 0.669. The second-order valence-electron chi connectivity index (χ2n) is 10.8. The average molecular weight is 540 g/mol. The van der Waals surface area contributed by atoms with Crippen LogP contribution in [-0.2, 0) is 0 Å². The van der Waals surface area contributed by atoms with Gasteiger partial charge in [-0.25, -0.2) is 4.98 Å². The number of allylic oxidation sites excluding steroid dienone is 1. The normalized spacial score (nSPS) is 12.3. The predicted molar refractivity (Wildman–Crippen MR) is 174 cm³/mol. The largest absolute Gasteiger partial charge is 0.456 e. The number of hydrogen-bond donors (Lipinski definition) is 0. The summed E-state index contributed by atoms with van der Waals surface area (Å²) in [5, 5.41) is 7.24. The molecule has 4 heteroatoms. The summed E-state index contributed by atoms with van der Waals surface area (Å²) in [5.74, 6) is 0. The van der Waals surface area contributed by atoms with Gasteiger partial charge < -0.3 is 13.4 Å². The molecule has 0 aliphatic carbocycles. The Hall–Kier alpha value is -5.61. The van der Waals surface area contributed by atoms with E-state index in [0.717, 1.165) is 55.6 Å². The molecule has 0 spiro atoms. The number of nitrogens with zero attached hydrogens (tertiary/aromatic N) is 3. The Balaban J connectivity index is 1.42. The molecule has 9 aromatic rings. The molecule has 0 radical (unpaired) electrons. The van der Waals surface area contributed by atoms with E-state index in [9.17, 15) is 0 Å². The van der Waals surface area contributed by atoms with Crippen LogP contribution in [0.15, 0.2) is 132 Å². The topological polar surface area (TPSA) is 35.4 Å². The fourth-order valence-electron chi connectivity index (χ4n) is 6.64. The number of furan rings is 1. The first kappa shape index (κ1) is 23.1. The van der Waals surface area contributed by atoms with Gasteiger partial charge in [0.25, 0.3) is 0 Å². The molecule has 0 unspecified atom stereocenters. The van der Waals surface area contributed by atoms with Crippen molar-refractivity contribution in [3.05, 3.63) is 133 Å². The molecular formula is C38H25N3O. The van der Waals surface area contributed by atoms with E-state index < -0.39 is 0 Å². The van der Waals surface area contributed by atoms with E-state index in [4.69, 9.17) is 9.40 Å². The van der Waals surface area contributed by atoms with Crippen LogP contribution in [0.5, 0.6) is 0 Å². The van der Waals surface area contributed by atoms with Crippen molar-refractivity contribution in [1.29, 1.82) is 0 Å². The molecule has 0 aliphatic heterocycles. The monoisotopic (exact) mass is 539 g/mol. The minimum absolute atomic E-state index is 0.895. The number of aromatic nitrogens is 3. The highest BCUT2D eigenvalue weighted by atomic mass is 16.3. The molecule has 0 N–H and O–H groups in total. The number of hydrogen-bond acceptors (Lipinski definition) is 2. The fraction of sp³-hybridized carbons (Fsp3) is 0.0263. The molecule has 4 heterocycles. The lowest BCUT2D eigenvalue weighted by Gasteiger charge is -2.10. The van der Waals surface area contributed by atoms with Gasteiger partial charge in [-0.3, -0.25) is 0 Å². The lowest BCUT2D eigenvalue weighted by atomic mass is 9.98. The van der Waals surface area contributed by atoms with Crippen LogP contribution >= 0.6 is 0 Å². The Bertz CT molecular complexity index is 2480. The standard InChI is InChI=1S/C38H25N3O/c1-2-9-26-22-33-37(29-12-5-6-13-32(29)42-33)38-35(26)36-28-11-4-3-10-24(28)17-20-31(36)41(38)27-18-15-25(16-19-27)30-23-40-21-8-7-14-34(40)39-30/h2-23H,1H3/b9-2+. The molecule has 0 saturated heterocycles. The smallest absolute Gasteiger partial charge is 0.138 e. The maximum atomic E-state index is 6.47. The Morgan fingerprint density at radius 3 is 2.38 bits per heavy atom. The molecule has 0 atom stereocenters. The molecule has 0 aliphatic rings. The van der Waals surface area contributed by atoms with Gasteiger partial charge >= 0.3 is 0 Å². The maximum absolute atomic E-state index is 6.47. The van der Waals surface area contributed by atoms with Gasteiger partial charge in [0.15, 0.2) is 0 Å². The second-order valence-corrected chi connectivity index (χ2v) is 10.8. The molecule has 4 aromatic heterocycles. The lowest BCUT2D eigenvalue weighted by Crippen LogP contribution is -1.95. The number of rotatable bonds is 3. The summed E-state index contributed by atoms with van der Waals surface area (Å²) in [4.78, 5) is 4.85. The third kappa shape index (κ3) is 3.20. The molecule has 0 fully saturated rings. The maximum Gasteiger partial charge on any atom is 0.138 e. The van der Waals surface area contributed by atoms with E-state index in [-0.39, 0.29) is 0 Å². The van der Waals surface area contributed by atoms with Crippen LogP contribution in [-0.4, -0.2) is 14.0 Å². The van der Waals surface area contributed by atoms with E-state index in [1.54, 1.807) is 0 Å². The summed E-state index contributed by atoms with van der Waals surface area (Å²) in [6.45, 7) is 2.07. The third-order valence-electron chi connectivity index (χ3n) is 8.42. The van der Waals surface area contributed by atoms with Crippen LogP contribution in [0.3, 0.4) is 0 Å². The zero-order valence-electron chi connectivity index (χ0n) is 23.0. The summed E-state index contributed by atoms with van der Waals surface area (Å²) >= 11 is 0. The fourth-order valence-corrected chi connectivity index (χ4v) is 6.64. The molecule has 42 heavy (non-hydrogen) atoms. The van der Waals surface area contributed by atoms with E-state index >= 15 is 0 Å². The molecule has 5 aromatic carbocycles. The molecule has 0 amide bonds. The number of para-hydroxylation sites is 1. The van der Waals surface area contributed by atoms with E-state index in [1.165, 1.54) is 27.1 Å². The van der Waals surface area contributed by atoms with Gasteiger partial charge in [-0.1, -0.05) is 78.9 Å². The average Bonchev–Trinajstić information content (AvgIpc) is 3.73. The number of pyridine rings is 1. The van der Waals surface area contributed by atoms with Crippen LogP contribution in [0, 0.1) is 0 Å². The molecule has 4 nitrogen and oxygen atoms in total. The highest BCUT2D eigenvalue weighted by Gasteiger charge is 2.22. The minimum atomic E-state index is 0.895. The van der Waals surface area contributed by atoms with Gasteiger partial charge in [0.05, 0.1) is 22.1 Å². The zero-order valence-corrected chi connectivity index (χ0v) is 23.0. The van der Waals surface area contributed by atoms with Crippen molar-refractivity contribution in [3.63, 3.8) is 0 Å². The van der Waals surface area contributed by atoms with E-state index in [2.05, 4.69) is 119 Å². The van der Waals surface area contributed by atoms with Crippen molar-refractivity contribution < 1.29 is 4.42 Å². The van der Waals surface area contributed by atoms with Crippen molar-refractivity contribution in [3.8, 4) is 16.9 Å². The van der Waals surface area contributed by atoms with Crippen molar-refractivity contribution >= 4 is 66.2 Å². The van der Waals surface area contributed by atoms with Crippen molar-refractivity contribution in [1.82, 2.24) is 14.0 Å². The van der Waals surface area contributed by atoms with Crippen molar-refractivity contribution in [2.75, 3.05) is 0 Å². The number of fused-ring (bicyclic) bond motifs is 10. The summed E-state index contributed by atoms with van der Waals surface area (Å²) in [6, 6.07) is 38.6. The predicted octanol–water partition coefficient (Wildman–Crippen LogP) is 10.2. The first-order valence-corrected chi connectivity index (χ1v) is 14.3. The molecular weight excluding hydrogens is 514 g/mol. The molecule has 0 bridgehead atoms. The van der Waals surface area contributed by atoms with Gasteiger partial charge in [0.2, 0.25) is 0 Å². The second kappa shape index (κ2) is 8.69. The Labute approximate surface area is 241 Å². The number of benzene rings is 5. The molecule has 0 saturated carbocycles. The highest BCUT2D eigenvalue weighted by Crippen LogP contribution is 2.45. The summed E-state index contributed by atoms with van der Waals surface area (Å²) in [5.41, 5.74) is 9.37. The Morgan fingerprint density at radius 1 is 0.714 bits per heavy atom. The van der Waals surface area contributed by atoms with Gasteiger partial charge in [-0.05, 0) is 65.7 Å². The van der Waals surface area contributed by atoms with Crippen LogP contribution < -0.4 is 0 Å². The molecule has 198 valence electrons. The summed E-state index contributed by atoms with van der Waals surface area (Å²) in [6.07, 6.45) is 8.43. The van der Waals surface area contributed by atoms with Crippen molar-refractivity contribution in [2.24, 2.45) is 0 Å². The molecule has 9 rings (SSSR count). The first-order valence-electron chi connectivity index (χ1n) is 14.3. The van der Waals surface area contributed by atoms with Crippen LogP contribution in [0.1, 0.15) is 12.5 Å².